The van der Waals surface area contributed by atoms with E-state index >= 15 is 0 Å². The number of hydrogen-bond donors (Lipinski definition) is 2. The van der Waals surface area contributed by atoms with Crippen molar-refractivity contribution < 1.29 is 17.6 Å². The van der Waals surface area contributed by atoms with Gasteiger partial charge in [0.05, 0.1) is 17.7 Å². The van der Waals surface area contributed by atoms with Gasteiger partial charge in [-0.1, -0.05) is 22.0 Å². The molecule has 6 nitrogen and oxygen atoms in total. The smallest absolute Gasteiger partial charge is 0.255 e. The molecule has 1 aromatic heterocycles. The molecular weight excluding hydrogens is 420 g/mol. The van der Waals surface area contributed by atoms with Gasteiger partial charge in [0.1, 0.15) is 5.76 Å². The third kappa shape index (κ3) is 4.60. The van der Waals surface area contributed by atoms with Crippen LogP contribution in [0.4, 0.5) is 5.69 Å². The first kappa shape index (κ1) is 18.4. The molecule has 2 aromatic carbocycles. The summed E-state index contributed by atoms with van der Waals surface area (Å²) in [5.41, 5.74) is 0.996. The van der Waals surface area contributed by atoms with Gasteiger partial charge in [-0.05, 0) is 54.6 Å². The molecule has 0 saturated heterocycles. The highest BCUT2D eigenvalue weighted by Crippen LogP contribution is 2.17. The Kier molecular flexibility index (Phi) is 5.55. The quantitative estimate of drug-likeness (QED) is 0.617. The van der Waals surface area contributed by atoms with E-state index in [4.69, 9.17) is 4.42 Å². The normalized spacial score (nSPS) is 11.3. The Labute approximate surface area is 159 Å². The fourth-order valence-electron chi connectivity index (χ4n) is 2.22. The van der Waals surface area contributed by atoms with Gasteiger partial charge in [-0.25, -0.2) is 13.1 Å². The monoisotopic (exact) mass is 434 g/mol. The number of rotatable bonds is 6. The van der Waals surface area contributed by atoms with Crippen LogP contribution in [0.2, 0.25) is 0 Å². The van der Waals surface area contributed by atoms with Crippen molar-refractivity contribution in [3.05, 3.63) is 82.7 Å². The molecule has 0 atom stereocenters. The zero-order chi connectivity index (χ0) is 18.6. The average molecular weight is 435 g/mol. The molecule has 0 aliphatic rings. The number of benzene rings is 2. The van der Waals surface area contributed by atoms with Crippen molar-refractivity contribution in [2.45, 2.75) is 11.4 Å². The topological polar surface area (TPSA) is 88.4 Å². The average Bonchev–Trinajstić information content (AvgIpc) is 3.14. The lowest BCUT2D eigenvalue weighted by molar-refractivity contribution is 0.102. The second kappa shape index (κ2) is 7.86. The van der Waals surface area contributed by atoms with Gasteiger partial charge in [0, 0.05) is 15.7 Å². The van der Waals surface area contributed by atoms with Crippen LogP contribution in [0.3, 0.4) is 0 Å². The maximum Gasteiger partial charge on any atom is 0.255 e. The van der Waals surface area contributed by atoms with Crippen LogP contribution >= 0.6 is 15.9 Å². The van der Waals surface area contributed by atoms with Gasteiger partial charge in [0.25, 0.3) is 5.91 Å². The molecule has 2 N–H and O–H groups in total. The zero-order valence-electron chi connectivity index (χ0n) is 13.5. The molecule has 1 amide bonds. The third-order valence-electron chi connectivity index (χ3n) is 3.53. The third-order valence-corrected chi connectivity index (χ3v) is 5.44. The molecule has 0 fully saturated rings. The largest absolute Gasteiger partial charge is 0.468 e. The SMILES string of the molecule is O=C(Nc1cccc(Br)c1)c1ccc(S(=O)(=O)NCc2ccco2)cc1. The summed E-state index contributed by atoms with van der Waals surface area (Å²) in [6.45, 7) is 0.0560. The molecule has 8 heteroatoms. The van der Waals surface area contributed by atoms with Crippen LogP contribution in [0.5, 0.6) is 0 Å². The van der Waals surface area contributed by atoms with Crippen molar-refractivity contribution in [1.82, 2.24) is 4.72 Å². The first-order valence-electron chi connectivity index (χ1n) is 7.63. The highest BCUT2D eigenvalue weighted by Gasteiger charge is 2.15. The lowest BCUT2D eigenvalue weighted by Gasteiger charge is -2.08. The molecule has 1 heterocycles. The minimum atomic E-state index is -3.69. The van der Waals surface area contributed by atoms with Crippen LogP contribution in [0.15, 0.2) is 80.7 Å². The summed E-state index contributed by atoms with van der Waals surface area (Å²) in [6, 6.07) is 16.3. The van der Waals surface area contributed by atoms with E-state index in [0.717, 1.165) is 4.47 Å². The summed E-state index contributed by atoms with van der Waals surface area (Å²) in [5, 5.41) is 2.75. The number of furan rings is 1. The van der Waals surface area contributed by atoms with E-state index in [1.807, 2.05) is 6.07 Å². The fraction of sp³-hybridized carbons (Fsp3) is 0.0556. The molecule has 3 aromatic rings. The molecule has 0 aliphatic heterocycles. The van der Waals surface area contributed by atoms with Crippen molar-refractivity contribution in [1.29, 1.82) is 0 Å². The van der Waals surface area contributed by atoms with E-state index in [9.17, 15) is 13.2 Å². The van der Waals surface area contributed by atoms with Crippen molar-refractivity contribution >= 4 is 37.5 Å². The number of hydrogen-bond acceptors (Lipinski definition) is 4. The minimum absolute atomic E-state index is 0.0560. The minimum Gasteiger partial charge on any atom is -0.468 e. The molecule has 0 bridgehead atoms. The number of halogens is 1. The molecule has 0 unspecified atom stereocenters. The standard InChI is InChI=1S/C18H15BrN2O4S/c19-14-3-1-4-15(11-14)21-18(22)13-6-8-17(9-7-13)26(23,24)20-12-16-5-2-10-25-16/h1-11,20H,12H2,(H,21,22). The van der Waals surface area contributed by atoms with Gasteiger partial charge in [-0.2, -0.15) is 0 Å². The predicted molar refractivity (Wildman–Crippen MR) is 101 cm³/mol. The highest BCUT2D eigenvalue weighted by atomic mass is 79.9. The van der Waals surface area contributed by atoms with Crippen molar-refractivity contribution in [2.75, 3.05) is 5.32 Å². The maximum absolute atomic E-state index is 12.3. The van der Waals surface area contributed by atoms with Gasteiger partial charge in [0.2, 0.25) is 10.0 Å². The number of carbonyl (C=O) groups excluding carboxylic acids is 1. The van der Waals surface area contributed by atoms with Crippen molar-refractivity contribution in [2.24, 2.45) is 0 Å². The second-order valence-electron chi connectivity index (χ2n) is 5.39. The molecular formula is C18H15BrN2O4S. The van der Waals surface area contributed by atoms with Crippen molar-refractivity contribution in [3.63, 3.8) is 0 Å². The van der Waals surface area contributed by atoms with Crippen LogP contribution < -0.4 is 10.0 Å². The number of carbonyl (C=O) groups is 1. The zero-order valence-corrected chi connectivity index (χ0v) is 15.9. The van der Waals surface area contributed by atoms with Crippen molar-refractivity contribution in [3.8, 4) is 0 Å². The number of anilines is 1. The van der Waals surface area contributed by atoms with Gasteiger partial charge < -0.3 is 9.73 Å². The van der Waals surface area contributed by atoms with E-state index in [0.29, 0.717) is 17.0 Å². The summed E-state index contributed by atoms with van der Waals surface area (Å²) in [5.74, 6) is 0.189. The molecule has 26 heavy (non-hydrogen) atoms. The summed E-state index contributed by atoms with van der Waals surface area (Å²) >= 11 is 3.34. The molecule has 3 rings (SSSR count). The van der Waals surface area contributed by atoms with E-state index in [-0.39, 0.29) is 17.3 Å². The Morgan fingerprint density at radius 2 is 1.81 bits per heavy atom. The van der Waals surface area contributed by atoms with E-state index in [2.05, 4.69) is 26.0 Å². The van der Waals surface area contributed by atoms with Crippen LogP contribution in [-0.2, 0) is 16.6 Å². The van der Waals surface area contributed by atoms with Gasteiger partial charge in [-0.15, -0.1) is 0 Å². The Hall–Kier alpha value is -2.42. The first-order chi connectivity index (χ1) is 12.4. The van der Waals surface area contributed by atoms with E-state index in [1.54, 1.807) is 30.3 Å². The summed E-state index contributed by atoms with van der Waals surface area (Å²) in [6.07, 6.45) is 1.47. The fourth-order valence-corrected chi connectivity index (χ4v) is 3.61. The summed E-state index contributed by atoms with van der Waals surface area (Å²) in [4.78, 5) is 12.3. The number of nitrogens with one attached hydrogen (secondary N) is 2. The van der Waals surface area contributed by atoms with Gasteiger partial charge in [-0.3, -0.25) is 4.79 Å². The molecule has 0 saturated carbocycles. The Bertz CT molecular complexity index is 1000. The summed E-state index contributed by atoms with van der Waals surface area (Å²) in [7, 11) is -3.69. The van der Waals surface area contributed by atoms with Gasteiger partial charge >= 0.3 is 0 Å². The predicted octanol–water partition coefficient (Wildman–Crippen LogP) is 3.77. The van der Waals surface area contributed by atoms with E-state index < -0.39 is 10.0 Å². The maximum atomic E-state index is 12.3. The van der Waals surface area contributed by atoms with Gasteiger partial charge in [0.15, 0.2) is 0 Å². The lowest BCUT2D eigenvalue weighted by Crippen LogP contribution is -2.23. The molecule has 0 radical (unpaired) electrons. The Balaban J connectivity index is 1.68. The molecule has 0 aliphatic carbocycles. The molecule has 134 valence electrons. The number of sulfonamides is 1. The van der Waals surface area contributed by atoms with Crippen LogP contribution in [-0.4, -0.2) is 14.3 Å². The first-order valence-corrected chi connectivity index (χ1v) is 9.91. The summed E-state index contributed by atoms with van der Waals surface area (Å²) < 4.78 is 32.9. The highest BCUT2D eigenvalue weighted by molar-refractivity contribution is 9.10. The van der Waals surface area contributed by atoms with Crippen LogP contribution in [0, 0.1) is 0 Å². The molecule has 0 spiro atoms. The number of amides is 1. The Morgan fingerprint density at radius 3 is 2.46 bits per heavy atom. The Morgan fingerprint density at radius 1 is 1.04 bits per heavy atom. The lowest BCUT2D eigenvalue weighted by atomic mass is 10.2. The second-order valence-corrected chi connectivity index (χ2v) is 8.08. The van der Waals surface area contributed by atoms with Crippen LogP contribution in [0.1, 0.15) is 16.1 Å². The van der Waals surface area contributed by atoms with Crippen LogP contribution in [0.25, 0.3) is 0 Å². The van der Waals surface area contributed by atoms with E-state index in [1.165, 1.54) is 30.5 Å².